The van der Waals surface area contributed by atoms with Crippen LogP contribution in [0.15, 0.2) is 48.7 Å². The van der Waals surface area contributed by atoms with Gasteiger partial charge in [0.1, 0.15) is 0 Å². The normalized spacial score (nSPS) is 17.6. The molecule has 20 heavy (non-hydrogen) atoms. The van der Waals surface area contributed by atoms with E-state index in [9.17, 15) is 4.79 Å². The molecule has 0 unspecified atom stereocenters. The highest BCUT2D eigenvalue weighted by Gasteiger charge is 2.24. The highest BCUT2D eigenvalue weighted by Crippen LogP contribution is 2.26. The zero-order valence-corrected chi connectivity index (χ0v) is 12.2. The van der Waals surface area contributed by atoms with Crippen LogP contribution in [0.5, 0.6) is 0 Å². The molecule has 1 amide bonds. The lowest BCUT2D eigenvalue weighted by Crippen LogP contribution is -2.31. The molecule has 0 aromatic heterocycles. The second-order valence-electron chi connectivity index (χ2n) is 5.46. The van der Waals surface area contributed by atoms with Gasteiger partial charge in [-0.3, -0.25) is 4.90 Å². The summed E-state index contributed by atoms with van der Waals surface area (Å²) in [5.74, 6) is 0.334. The number of ether oxygens (including phenoxy) is 1. The van der Waals surface area contributed by atoms with Crippen LogP contribution >= 0.6 is 0 Å². The van der Waals surface area contributed by atoms with E-state index in [1.807, 2.05) is 44.2 Å². The second-order valence-corrected chi connectivity index (χ2v) is 5.46. The average Bonchev–Trinajstić information content (AvgIpc) is 2.45. The molecule has 1 aromatic rings. The van der Waals surface area contributed by atoms with Crippen LogP contribution in [-0.4, -0.2) is 17.6 Å². The Kier molecular flexibility index (Phi) is 4.61. The Hall–Kier alpha value is -2.03. The molecule has 1 aromatic carbocycles. The molecule has 0 radical (unpaired) electrons. The van der Waals surface area contributed by atoms with E-state index in [0.717, 1.165) is 5.56 Å². The molecule has 2 rings (SSSR count). The maximum absolute atomic E-state index is 12.2. The average molecular weight is 271 g/mol. The lowest BCUT2D eigenvalue weighted by atomic mass is 10.0. The smallest absolute Gasteiger partial charge is 0.414 e. The van der Waals surface area contributed by atoms with E-state index in [1.165, 1.54) is 5.56 Å². The topological polar surface area (TPSA) is 29.5 Å². The van der Waals surface area contributed by atoms with Crippen LogP contribution in [0.2, 0.25) is 0 Å². The molecular formula is C17H21NO2. The minimum atomic E-state index is -0.301. The molecule has 1 aliphatic heterocycles. The molecule has 0 saturated heterocycles. The van der Waals surface area contributed by atoms with Crippen molar-refractivity contribution in [2.24, 2.45) is 5.92 Å². The molecule has 0 spiro atoms. The lowest BCUT2D eigenvalue weighted by molar-refractivity contribution is 0.0988. The molecule has 1 atom stereocenters. The van der Waals surface area contributed by atoms with Crippen LogP contribution in [0.3, 0.4) is 0 Å². The summed E-state index contributed by atoms with van der Waals surface area (Å²) < 4.78 is 5.32. The standard InChI is InChI=1S/C17H21NO2/c1-13(2)12-20-17(19)18-11-5-4-6-16(18)15-9-7-14(3)8-10-15/h4-11,13,16H,12H2,1-3H3/t16-/m1/s1. The van der Waals surface area contributed by atoms with E-state index in [2.05, 4.69) is 19.1 Å². The molecular weight excluding hydrogens is 250 g/mol. The molecule has 1 aliphatic rings. The predicted molar refractivity (Wildman–Crippen MR) is 80.2 cm³/mol. The zero-order chi connectivity index (χ0) is 14.5. The van der Waals surface area contributed by atoms with Crippen molar-refractivity contribution in [1.29, 1.82) is 0 Å². The fraction of sp³-hybridized carbons (Fsp3) is 0.353. The third kappa shape index (κ3) is 3.50. The first-order chi connectivity index (χ1) is 9.58. The zero-order valence-electron chi connectivity index (χ0n) is 12.2. The van der Waals surface area contributed by atoms with Crippen molar-refractivity contribution in [2.75, 3.05) is 6.61 Å². The lowest BCUT2D eigenvalue weighted by Gasteiger charge is -2.28. The summed E-state index contributed by atoms with van der Waals surface area (Å²) in [5.41, 5.74) is 2.29. The third-order valence-corrected chi connectivity index (χ3v) is 3.12. The first-order valence-electron chi connectivity index (χ1n) is 6.94. The van der Waals surface area contributed by atoms with Gasteiger partial charge in [0.15, 0.2) is 0 Å². The van der Waals surface area contributed by atoms with Gasteiger partial charge in [-0.25, -0.2) is 4.79 Å². The van der Waals surface area contributed by atoms with Crippen molar-refractivity contribution in [3.8, 4) is 0 Å². The largest absolute Gasteiger partial charge is 0.449 e. The first kappa shape index (κ1) is 14.4. The molecule has 3 heteroatoms. The Morgan fingerprint density at radius 3 is 2.60 bits per heavy atom. The number of rotatable bonds is 3. The van der Waals surface area contributed by atoms with Crippen LogP contribution in [0.25, 0.3) is 0 Å². The van der Waals surface area contributed by atoms with Gasteiger partial charge in [0.05, 0.1) is 12.6 Å². The van der Waals surface area contributed by atoms with Gasteiger partial charge in [-0.1, -0.05) is 55.8 Å². The molecule has 3 nitrogen and oxygen atoms in total. The Morgan fingerprint density at radius 2 is 1.95 bits per heavy atom. The van der Waals surface area contributed by atoms with Crippen molar-refractivity contribution >= 4 is 6.09 Å². The van der Waals surface area contributed by atoms with E-state index >= 15 is 0 Å². The third-order valence-electron chi connectivity index (χ3n) is 3.12. The maximum Gasteiger partial charge on any atom is 0.414 e. The molecule has 0 N–H and O–H groups in total. The van der Waals surface area contributed by atoms with E-state index in [4.69, 9.17) is 4.74 Å². The van der Waals surface area contributed by atoms with E-state index in [-0.39, 0.29) is 12.1 Å². The van der Waals surface area contributed by atoms with Crippen LogP contribution in [0.4, 0.5) is 4.79 Å². The van der Waals surface area contributed by atoms with Crippen molar-refractivity contribution in [3.05, 3.63) is 59.8 Å². The van der Waals surface area contributed by atoms with Crippen molar-refractivity contribution in [3.63, 3.8) is 0 Å². The van der Waals surface area contributed by atoms with E-state index in [1.54, 1.807) is 11.1 Å². The van der Waals surface area contributed by atoms with Crippen molar-refractivity contribution in [1.82, 2.24) is 4.90 Å². The maximum atomic E-state index is 12.2. The summed E-state index contributed by atoms with van der Waals surface area (Å²) in [4.78, 5) is 13.8. The number of carbonyl (C=O) groups excluding carboxylic acids is 1. The number of hydrogen-bond acceptors (Lipinski definition) is 2. The highest BCUT2D eigenvalue weighted by molar-refractivity contribution is 5.70. The number of carbonyl (C=O) groups is 1. The summed E-state index contributed by atoms with van der Waals surface area (Å²) >= 11 is 0. The van der Waals surface area contributed by atoms with Gasteiger partial charge in [0.2, 0.25) is 0 Å². The highest BCUT2D eigenvalue weighted by atomic mass is 16.6. The number of benzene rings is 1. The Balaban J connectivity index is 2.14. The molecule has 106 valence electrons. The predicted octanol–water partition coefficient (Wildman–Crippen LogP) is 4.21. The molecule has 0 aliphatic carbocycles. The first-order valence-corrected chi connectivity index (χ1v) is 6.94. The Morgan fingerprint density at radius 1 is 1.25 bits per heavy atom. The number of nitrogens with zero attached hydrogens (tertiary/aromatic N) is 1. The van der Waals surface area contributed by atoms with Crippen LogP contribution in [-0.2, 0) is 4.74 Å². The van der Waals surface area contributed by atoms with Gasteiger partial charge in [-0.15, -0.1) is 0 Å². The number of amides is 1. The fourth-order valence-electron chi connectivity index (χ4n) is 2.02. The van der Waals surface area contributed by atoms with Crippen LogP contribution in [0, 0.1) is 12.8 Å². The van der Waals surface area contributed by atoms with Gasteiger partial charge < -0.3 is 4.74 Å². The summed E-state index contributed by atoms with van der Waals surface area (Å²) in [6, 6.07) is 8.11. The van der Waals surface area contributed by atoms with Crippen LogP contribution in [0.1, 0.15) is 31.0 Å². The van der Waals surface area contributed by atoms with Crippen molar-refractivity contribution < 1.29 is 9.53 Å². The van der Waals surface area contributed by atoms with Gasteiger partial charge in [0.25, 0.3) is 0 Å². The van der Waals surface area contributed by atoms with Crippen molar-refractivity contribution in [2.45, 2.75) is 26.8 Å². The summed E-state index contributed by atoms with van der Waals surface area (Å²) in [6.45, 7) is 6.54. The van der Waals surface area contributed by atoms with E-state index in [0.29, 0.717) is 12.5 Å². The Bertz CT molecular complexity index is 514. The molecule has 1 heterocycles. The number of aryl methyl sites for hydroxylation is 1. The number of hydrogen-bond donors (Lipinski definition) is 0. The summed E-state index contributed by atoms with van der Waals surface area (Å²) in [5, 5.41) is 0. The van der Waals surface area contributed by atoms with Gasteiger partial charge in [-0.05, 0) is 24.5 Å². The molecule has 0 fully saturated rings. The monoisotopic (exact) mass is 271 g/mol. The SMILES string of the molecule is Cc1ccc([C@H]2C=CC=CN2C(=O)OCC(C)C)cc1. The van der Waals surface area contributed by atoms with Gasteiger partial charge in [-0.2, -0.15) is 0 Å². The number of allylic oxidation sites excluding steroid dienone is 2. The van der Waals surface area contributed by atoms with E-state index < -0.39 is 0 Å². The van der Waals surface area contributed by atoms with Gasteiger partial charge in [0, 0.05) is 6.20 Å². The van der Waals surface area contributed by atoms with Gasteiger partial charge >= 0.3 is 6.09 Å². The summed E-state index contributed by atoms with van der Waals surface area (Å²) in [7, 11) is 0. The minimum absolute atomic E-state index is 0.0970. The second kappa shape index (κ2) is 6.42. The van der Waals surface area contributed by atoms with Crippen LogP contribution < -0.4 is 0 Å². The fourth-order valence-corrected chi connectivity index (χ4v) is 2.02. The quantitative estimate of drug-likeness (QED) is 0.824. The molecule has 0 saturated carbocycles. The molecule has 0 bridgehead atoms. The summed E-state index contributed by atoms with van der Waals surface area (Å²) in [6.07, 6.45) is 7.27. The minimum Gasteiger partial charge on any atom is -0.449 e. The Labute approximate surface area is 120 Å².